The summed E-state index contributed by atoms with van der Waals surface area (Å²) in [6, 6.07) is 0. The molecule has 0 N–H and O–H groups in total. The van der Waals surface area contributed by atoms with Crippen LogP contribution >= 0.6 is 34.8 Å². The lowest BCUT2D eigenvalue weighted by molar-refractivity contribution is 0.827. The van der Waals surface area contributed by atoms with E-state index in [0.717, 1.165) is 23.1 Å². The highest BCUT2D eigenvalue weighted by molar-refractivity contribution is 6.65. The van der Waals surface area contributed by atoms with Gasteiger partial charge in [0.25, 0.3) is 0 Å². The van der Waals surface area contributed by atoms with Gasteiger partial charge in [-0.3, -0.25) is 0 Å². The summed E-state index contributed by atoms with van der Waals surface area (Å²) in [6.07, 6.45) is 1.74. The Labute approximate surface area is 67.9 Å². The van der Waals surface area contributed by atoms with E-state index in [1.54, 1.807) is 0 Å². The first-order valence-corrected chi connectivity index (χ1v) is 4.79. The molecule has 0 rings (SSSR count). The summed E-state index contributed by atoms with van der Waals surface area (Å²) in [6.45, 7) is 0. The van der Waals surface area contributed by atoms with Crippen LogP contribution in [0.2, 0.25) is 0 Å². The summed E-state index contributed by atoms with van der Waals surface area (Å²) < 4.78 is -0.450. The third kappa shape index (κ3) is 7.09. The lowest BCUT2D eigenvalue weighted by Gasteiger charge is -2.10. The first-order valence-electron chi connectivity index (χ1n) is 2.50. The molecule has 0 atom stereocenters. The van der Waals surface area contributed by atoms with E-state index in [0.29, 0.717) is 5.88 Å². The normalized spacial score (nSPS) is 12.4. The van der Waals surface area contributed by atoms with Crippen molar-refractivity contribution >= 4 is 45.0 Å². The van der Waals surface area contributed by atoms with Crippen LogP contribution in [0, 0.1) is 0 Å². The van der Waals surface area contributed by atoms with Gasteiger partial charge in [-0.25, -0.2) is 0 Å². The van der Waals surface area contributed by atoms with Crippen LogP contribution in [0.4, 0.5) is 0 Å². The molecule has 0 aliphatic carbocycles. The van der Waals surface area contributed by atoms with Gasteiger partial charge in [0.05, 0.1) is 3.96 Å². The van der Waals surface area contributed by atoms with E-state index in [1.165, 1.54) is 0 Å². The predicted octanol–water partition coefficient (Wildman–Crippen LogP) is 1.50. The third-order valence-electron chi connectivity index (χ3n) is 0.749. The minimum absolute atomic E-state index is 0.450. The van der Waals surface area contributed by atoms with Crippen LogP contribution in [-0.2, 0) is 0 Å². The number of alkyl halides is 3. The molecule has 0 fully saturated rings. The smallest absolute Gasteiger partial charge is 0.0973 e. The second-order valence-corrected chi connectivity index (χ2v) is 7.08. The van der Waals surface area contributed by atoms with Crippen molar-refractivity contribution in [1.82, 2.24) is 0 Å². The molecular weight excluding hydrogens is 182 g/mol. The highest BCUT2D eigenvalue weighted by Crippen LogP contribution is 2.21. The van der Waals surface area contributed by atoms with Gasteiger partial charge in [0, 0.05) is 16.1 Å². The largest absolute Gasteiger partial charge is 0.127 e. The molecule has 8 heavy (non-hydrogen) atoms. The monoisotopic (exact) mass is 190 g/mol. The van der Waals surface area contributed by atoms with Gasteiger partial charge in [-0.15, -0.1) is 34.8 Å². The molecular formula is C4H9Cl3Si. The fourth-order valence-electron chi connectivity index (χ4n) is 0.377. The maximum Gasteiger partial charge on any atom is 0.0973 e. The first-order chi connectivity index (χ1) is 3.56. The average Bonchev–Trinajstić information content (AvgIpc) is 1.59. The van der Waals surface area contributed by atoms with Crippen LogP contribution in [0.25, 0.3) is 0 Å². The fourth-order valence-corrected chi connectivity index (χ4v) is 1.13. The number of hydrogen-bond donors (Lipinski definition) is 0. The lowest BCUT2D eigenvalue weighted by Crippen LogP contribution is -2.11. The van der Waals surface area contributed by atoms with Crippen molar-refractivity contribution in [2.75, 3.05) is 5.88 Å². The van der Waals surface area contributed by atoms with Crippen LogP contribution in [0.15, 0.2) is 0 Å². The van der Waals surface area contributed by atoms with Gasteiger partial charge in [0.2, 0.25) is 0 Å². The minimum atomic E-state index is -0.450. The molecule has 0 nitrogen and oxygen atoms in total. The van der Waals surface area contributed by atoms with Crippen molar-refractivity contribution < 1.29 is 0 Å². The van der Waals surface area contributed by atoms with Gasteiger partial charge < -0.3 is 0 Å². The number of hydrogen-bond acceptors (Lipinski definition) is 0. The Kier molecular flexibility index (Phi) is 4.53. The maximum absolute atomic E-state index is 5.68. The Morgan fingerprint density at radius 2 is 1.88 bits per heavy atom. The molecule has 0 bridgehead atoms. The molecule has 0 spiro atoms. The Balaban J connectivity index is 3.11. The number of rotatable bonds is 3. The lowest BCUT2D eigenvalue weighted by atomic mass is 10.4. The molecule has 0 amide bonds. The summed E-state index contributed by atoms with van der Waals surface area (Å²) in [5.41, 5.74) is 0. The molecule has 50 valence electrons. The summed E-state index contributed by atoms with van der Waals surface area (Å²) in [4.78, 5) is 0. The zero-order valence-electron chi connectivity index (χ0n) is 4.76. The molecule has 0 saturated heterocycles. The second kappa shape index (κ2) is 3.99. The van der Waals surface area contributed by atoms with Crippen LogP contribution < -0.4 is 0 Å². The molecule has 0 saturated carbocycles. The van der Waals surface area contributed by atoms with Crippen molar-refractivity contribution in [3.05, 3.63) is 0 Å². The molecule has 0 aromatic rings. The van der Waals surface area contributed by atoms with Gasteiger partial charge in [-0.1, -0.05) is 0 Å². The summed E-state index contributed by atoms with van der Waals surface area (Å²) in [7, 11) is 0.815. The molecule has 0 aromatic carbocycles. The Hall–Kier alpha value is 1.09. The predicted molar refractivity (Wildman–Crippen MR) is 44.3 cm³/mol. The van der Waals surface area contributed by atoms with Gasteiger partial charge >= 0.3 is 0 Å². The number of halogens is 3. The molecule has 4 heteroatoms. The molecule has 0 aliphatic rings. The highest BCUT2D eigenvalue weighted by Gasteiger charge is 2.13. The van der Waals surface area contributed by atoms with Crippen LogP contribution in [0.5, 0.6) is 0 Å². The highest BCUT2D eigenvalue weighted by atomic mass is 35.5. The van der Waals surface area contributed by atoms with E-state index in [-0.39, 0.29) is 0 Å². The molecule has 0 heterocycles. The molecule has 0 aromatic heterocycles. The topological polar surface area (TPSA) is 0 Å². The zero-order valence-corrected chi connectivity index (χ0v) is 9.02. The van der Waals surface area contributed by atoms with Gasteiger partial charge in [0.1, 0.15) is 0 Å². The summed E-state index contributed by atoms with van der Waals surface area (Å²) in [5.74, 6) is 0.656. The quantitative estimate of drug-likeness (QED) is 0.469. The van der Waals surface area contributed by atoms with Crippen molar-refractivity contribution in [2.45, 2.75) is 16.8 Å². The SMILES string of the molecule is [SiH3]C(Cl)(Cl)CCCCl. The second-order valence-electron chi connectivity index (χ2n) is 1.86. The van der Waals surface area contributed by atoms with Crippen molar-refractivity contribution in [3.8, 4) is 0 Å². The van der Waals surface area contributed by atoms with Crippen molar-refractivity contribution in [2.24, 2.45) is 0 Å². The Bertz CT molecular complexity index is 58.8. The van der Waals surface area contributed by atoms with Gasteiger partial charge in [0.15, 0.2) is 0 Å². The zero-order chi connectivity index (χ0) is 6.62. The Morgan fingerprint density at radius 3 is 2.00 bits per heavy atom. The standard InChI is InChI=1S/C4H9Cl3Si/c5-3-1-2-4(6,7)8/h1-3H2,8H3. The fraction of sp³-hybridized carbons (Fsp3) is 1.00. The van der Waals surface area contributed by atoms with Crippen LogP contribution in [-0.4, -0.2) is 20.1 Å². The van der Waals surface area contributed by atoms with Crippen LogP contribution in [0.1, 0.15) is 12.8 Å². The van der Waals surface area contributed by atoms with E-state index in [1.807, 2.05) is 0 Å². The third-order valence-corrected chi connectivity index (χ3v) is 1.89. The average molecular weight is 192 g/mol. The van der Waals surface area contributed by atoms with Gasteiger partial charge in [-0.2, -0.15) is 0 Å². The summed E-state index contributed by atoms with van der Waals surface area (Å²) in [5, 5.41) is 0. The van der Waals surface area contributed by atoms with E-state index < -0.39 is 3.96 Å². The molecule has 0 radical (unpaired) electrons. The van der Waals surface area contributed by atoms with E-state index in [2.05, 4.69) is 0 Å². The molecule has 0 aliphatic heterocycles. The van der Waals surface area contributed by atoms with Crippen LogP contribution in [0.3, 0.4) is 0 Å². The van der Waals surface area contributed by atoms with Crippen molar-refractivity contribution in [1.29, 1.82) is 0 Å². The summed E-state index contributed by atoms with van der Waals surface area (Å²) >= 11 is 16.8. The van der Waals surface area contributed by atoms with Crippen molar-refractivity contribution in [3.63, 3.8) is 0 Å². The van der Waals surface area contributed by atoms with Gasteiger partial charge in [-0.05, 0) is 12.8 Å². The Morgan fingerprint density at radius 1 is 1.38 bits per heavy atom. The first kappa shape index (κ1) is 9.09. The minimum Gasteiger partial charge on any atom is -0.127 e. The van der Waals surface area contributed by atoms with E-state index in [9.17, 15) is 0 Å². The van der Waals surface area contributed by atoms with E-state index >= 15 is 0 Å². The maximum atomic E-state index is 5.68. The molecule has 0 unspecified atom stereocenters. The van der Waals surface area contributed by atoms with E-state index in [4.69, 9.17) is 34.8 Å².